The average molecular weight is 255 g/mol. The second-order valence-corrected chi connectivity index (χ2v) is 5.99. The summed E-state index contributed by atoms with van der Waals surface area (Å²) in [4.78, 5) is 0. The summed E-state index contributed by atoms with van der Waals surface area (Å²) in [6.07, 6.45) is 11.5. The van der Waals surface area contributed by atoms with Gasteiger partial charge in [0.1, 0.15) is 0 Å². The molecule has 2 nitrogen and oxygen atoms in total. The van der Waals surface area contributed by atoms with E-state index in [1.54, 1.807) is 0 Å². The first-order valence-corrected chi connectivity index (χ1v) is 7.78. The monoisotopic (exact) mass is 255 g/mol. The Balaban J connectivity index is 3.39. The lowest BCUT2D eigenvalue weighted by Gasteiger charge is -2.23. The fraction of sp³-hybridized carbons (Fsp3) is 0.875. The Hall–Kier alpha value is -0.340. The van der Waals surface area contributed by atoms with Crippen LogP contribution in [0.3, 0.4) is 0 Å². The molecule has 0 radical (unpaired) electrons. The minimum Gasteiger partial charge on any atom is -0.342 e. The summed E-state index contributed by atoms with van der Waals surface area (Å²) in [6.45, 7) is 14.0. The van der Waals surface area contributed by atoms with Gasteiger partial charge in [0, 0.05) is 25.9 Å². The molecule has 18 heavy (non-hydrogen) atoms. The summed E-state index contributed by atoms with van der Waals surface area (Å²) in [5.74, 6) is 0. The SMILES string of the molecule is C=CCNCCC[NH2+]C(C)(C)CCCCCCC. The molecule has 0 aliphatic carbocycles. The van der Waals surface area contributed by atoms with Gasteiger partial charge >= 0.3 is 0 Å². The molecule has 0 atom stereocenters. The highest BCUT2D eigenvalue weighted by molar-refractivity contribution is 4.69. The minimum absolute atomic E-state index is 0.421. The molecule has 0 aliphatic heterocycles. The van der Waals surface area contributed by atoms with Crippen LogP contribution in [0, 0.1) is 0 Å². The first-order valence-electron chi connectivity index (χ1n) is 7.78. The molecule has 0 aromatic heterocycles. The van der Waals surface area contributed by atoms with Gasteiger partial charge in [0.25, 0.3) is 0 Å². The molecule has 2 heteroatoms. The molecule has 0 aliphatic rings. The van der Waals surface area contributed by atoms with Crippen LogP contribution in [-0.4, -0.2) is 25.2 Å². The van der Waals surface area contributed by atoms with Crippen LogP contribution in [0.25, 0.3) is 0 Å². The van der Waals surface area contributed by atoms with Crippen molar-refractivity contribution in [2.75, 3.05) is 19.6 Å². The predicted molar refractivity (Wildman–Crippen MR) is 81.9 cm³/mol. The second kappa shape index (κ2) is 11.7. The van der Waals surface area contributed by atoms with E-state index in [1.807, 2.05) is 6.08 Å². The van der Waals surface area contributed by atoms with E-state index in [1.165, 1.54) is 51.5 Å². The van der Waals surface area contributed by atoms with Gasteiger partial charge in [-0.2, -0.15) is 0 Å². The third kappa shape index (κ3) is 12.1. The highest BCUT2D eigenvalue weighted by atomic mass is 15.0. The maximum Gasteiger partial charge on any atom is 0.0904 e. The first-order chi connectivity index (χ1) is 8.62. The summed E-state index contributed by atoms with van der Waals surface area (Å²) < 4.78 is 0. The molecule has 0 saturated heterocycles. The van der Waals surface area contributed by atoms with E-state index in [4.69, 9.17) is 0 Å². The van der Waals surface area contributed by atoms with Gasteiger partial charge in [0.15, 0.2) is 0 Å². The maximum absolute atomic E-state index is 3.70. The Morgan fingerprint density at radius 1 is 1.11 bits per heavy atom. The van der Waals surface area contributed by atoms with Gasteiger partial charge in [-0.25, -0.2) is 0 Å². The Morgan fingerprint density at radius 2 is 1.83 bits per heavy atom. The molecule has 0 saturated carbocycles. The van der Waals surface area contributed by atoms with Crippen molar-refractivity contribution >= 4 is 0 Å². The zero-order valence-corrected chi connectivity index (χ0v) is 12.9. The molecule has 0 bridgehead atoms. The number of quaternary nitrogens is 1. The van der Waals surface area contributed by atoms with E-state index in [9.17, 15) is 0 Å². The molecule has 0 fully saturated rings. The van der Waals surface area contributed by atoms with Gasteiger partial charge in [-0.1, -0.05) is 38.7 Å². The third-order valence-electron chi connectivity index (χ3n) is 3.47. The van der Waals surface area contributed by atoms with Crippen LogP contribution in [0.15, 0.2) is 12.7 Å². The standard InChI is InChI=1S/C16H34N2/c1-5-7-8-9-10-12-16(3,4)18-15-11-14-17-13-6-2/h6,17-18H,2,5,7-15H2,1,3-4H3/p+1. The molecule has 3 N–H and O–H groups in total. The Kier molecular flexibility index (Phi) is 11.5. The summed E-state index contributed by atoms with van der Waals surface area (Å²) in [5.41, 5.74) is 0.421. The van der Waals surface area contributed by atoms with Crippen LogP contribution in [-0.2, 0) is 0 Å². The third-order valence-corrected chi connectivity index (χ3v) is 3.47. The summed E-state index contributed by atoms with van der Waals surface area (Å²) in [7, 11) is 0. The van der Waals surface area contributed by atoms with E-state index in [2.05, 4.69) is 38.0 Å². The first kappa shape index (κ1) is 17.7. The molecular weight excluding hydrogens is 220 g/mol. The number of hydrogen-bond donors (Lipinski definition) is 2. The van der Waals surface area contributed by atoms with Crippen molar-refractivity contribution in [1.29, 1.82) is 0 Å². The fourth-order valence-corrected chi connectivity index (χ4v) is 2.21. The van der Waals surface area contributed by atoms with Crippen molar-refractivity contribution in [3.8, 4) is 0 Å². The van der Waals surface area contributed by atoms with Gasteiger partial charge in [-0.3, -0.25) is 0 Å². The van der Waals surface area contributed by atoms with Gasteiger partial charge in [0.05, 0.1) is 12.1 Å². The zero-order chi connectivity index (χ0) is 13.7. The highest BCUT2D eigenvalue weighted by Crippen LogP contribution is 2.11. The lowest BCUT2D eigenvalue weighted by atomic mass is 9.96. The van der Waals surface area contributed by atoms with Gasteiger partial charge in [-0.05, 0) is 20.3 Å². The molecule has 0 unspecified atom stereocenters. The Morgan fingerprint density at radius 3 is 2.50 bits per heavy atom. The zero-order valence-electron chi connectivity index (χ0n) is 12.9. The minimum atomic E-state index is 0.421. The van der Waals surface area contributed by atoms with E-state index in [0.29, 0.717) is 5.54 Å². The van der Waals surface area contributed by atoms with Crippen molar-refractivity contribution in [2.24, 2.45) is 0 Å². The molecule has 0 aromatic carbocycles. The Labute approximate surface area is 115 Å². The molecule has 0 spiro atoms. The smallest absolute Gasteiger partial charge is 0.0904 e. The van der Waals surface area contributed by atoms with Crippen molar-refractivity contribution in [2.45, 2.75) is 71.3 Å². The van der Waals surface area contributed by atoms with Crippen molar-refractivity contribution in [1.82, 2.24) is 5.32 Å². The van der Waals surface area contributed by atoms with Crippen molar-refractivity contribution < 1.29 is 5.32 Å². The maximum atomic E-state index is 3.70. The average Bonchev–Trinajstić information content (AvgIpc) is 2.33. The second-order valence-electron chi connectivity index (χ2n) is 5.99. The van der Waals surface area contributed by atoms with Crippen LogP contribution >= 0.6 is 0 Å². The van der Waals surface area contributed by atoms with E-state index < -0.39 is 0 Å². The summed E-state index contributed by atoms with van der Waals surface area (Å²) in [5, 5.41) is 5.87. The summed E-state index contributed by atoms with van der Waals surface area (Å²) >= 11 is 0. The fourth-order valence-electron chi connectivity index (χ4n) is 2.21. The van der Waals surface area contributed by atoms with Crippen LogP contribution in [0.1, 0.15) is 65.7 Å². The number of nitrogens with two attached hydrogens (primary N) is 1. The van der Waals surface area contributed by atoms with E-state index in [-0.39, 0.29) is 0 Å². The Bertz CT molecular complexity index is 188. The van der Waals surface area contributed by atoms with E-state index >= 15 is 0 Å². The van der Waals surface area contributed by atoms with Crippen molar-refractivity contribution in [3.63, 3.8) is 0 Å². The topological polar surface area (TPSA) is 28.6 Å². The van der Waals surface area contributed by atoms with Crippen LogP contribution in [0.2, 0.25) is 0 Å². The molecule has 0 amide bonds. The quantitative estimate of drug-likeness (QED) is 0.384. The van der Waals surface area contributed by atoms with Crippen LogP contribution < -0.4 is 10.6 Å². The number of nitrogens with one attached hydrogen (secondary N) is 1. The number of hydrogen-bond acceptors (Lipinski definition) is 1. The van der Waals surface area contributed by atoms with Gasteiger partial charge in [0.2, 0.25) is 0 Å². The molecular formula is C16H35N2+. The van der Waals surface area contributed by atoms with E-state index in [0.717, 1.165) is 13.1 Å². The highest BCUT2D eigenvalue weighted by Gasteiger charge is 2.19. The van der Waals surface area contributed by atoms with Gasteiger partial charge < -0.3 is 10.6 Å². The molecule has 0 heterocycles. The lowest BCUT2D eigenvalue weighted by Crippen LogP contribution is -2.95. The van der Waals surface area contributed by atoms with Gasteiger partial charge in [-0.15, -0.1) is 6.58 Å². The molecule has 108 valence electrons. The molecule has 0 aromatic rings. The number of rotatable bonds is 13. The largest absolute Gasteiger partial charge is 0.342 e. The summed E-state index contributed by atoms with van der Waals surface area (Å²) in [6, 6.07) is 0. The van der Waals surface area contributed by atoms with Crippen molar-refractivity contribution in [3.05, 3.63) is 12.7 Å². The lowest BCUT2D eigenvalue weighted by molar-refractivity contribution is -0.721. The predicted octanol–water partition coefficient (Wildman–Crippen LogP) is 2.85. The number of unbranched alkanes of at least 4 members (excludes halogenated alkanes) is 4. The normalized spacial score (nSPS) is 11.7. The molecule has 0 rings (SSSR count). The van der Waals surface area contributed by atoms with Crippen LogP contribution in [0.4, 0.5) is 0 Å². The van der Waals surface area contributed by atoms with Crippen LogP contribution in [0.5, 0.6) is 0 Å².